The van der Waals surface area contributed by atoms with Crippen molar-refractivity contribution in [2.45, 2.75) is 0 Å². The first-order chi connectivity index (χ1) is 23.3. The number of benzene rings is 7. The van der Waals surface area contributed by atoms with E-state index in [-0.39, 0.29) is 0 Å². The van der Waals surface area contributed by atoms with Crippen molar-refractivity contribution in [2.24, 2.45) is 0 Å². The minimum absolute atomic E-state index is 0.810. The van der Waals surface area contributed by atoms with Gasteiger partial charge in [0.2, 0.25) is 0 Å². The number of nitrogens with zero attached hydrogens (tertiary/aromatic N) is 4. The Bertz CT molecular complexity index is 3090. The van der Waals surface area contributed by atoms with Gasteiger partial charge in [-0.1, -0.05) is 97.1 Å². The summed E-state index contributed by atoms with van der Waals surface area (Å²) in [5.41, 5.74) is 6.23. The van der Waals surface area contributed by atoms with Gasteiger partial charge in [-0.25, -0.2) is 9.97 Å². The quantitative estimate of drug-likeness (QED) is 0.194. The van der Waals surface area contributed by atoms with Gasteiger partial charge in [0.25, 0.3) is 0 Å². The molecule has 218 valence electrons. The summed E-state index contributed by atoms with van der Waals surface area (Å²) in [6.07, 6.45) is 1.95. The molecular formula is C42H24N4S. The van der Waals surface area contributed by atoms with Gasteiger partial charge in [-0.3, -0.25) is 9.13 Å². The van der Waals surface area contributed by atoms with Crippen LogP contribution in [0.5, 0.6) is 0 Å². The smallest absolute Gasteiger partial charge is 0.164 e. The van der Waals surface area contributed by atoms with E-state index in [9.17, 15) is 0 Å². The minimum atomic E-state index is 0.810. The molecule has 0 unspecified atom stereocenters. The van der Waals surface area contributed by atoms with E-state index in [1.165, 1.54) is 52.5 Å². The molecule has 0 amide bonds. The van der Waals surface area contributed by atoms with Crippen LogP contribution in [-0.2, 0) is 0 Å². The van der Waals surface area contributed by atoms with Gasteiger partial charge in [-0.15, -0.1) is 11.3 Å². The molecule has 0 radical (unpaired) electrons. The van der Waals surface area contributed by atoms with Crippen LogP contribution in [0.2, 0.25) is 0 Å². The summed E-state index contributed by atoms with van der Waals surface area (Å²) in [6, 6.07) is 50.2. The molecule has 0 aliphatic heterocycles. The first-order valence-corrected chi connectivity index (χ1v) is 16.7. The fourth-order valence-electron chi connectivity index (χ4n) is 7.71. The van der Waals surface area contributed by atoms with Crippen LogP contribution in [-0.4, -0.2) is 19.1 Å². The van der Waals surface area contributed by atoms with Crippen LogP contribution in [0.3, 0.4) is 0 Å². The fourth-order valence-corrected chi connectivity index (χ4v) is 8.84. The van der Waals surface area contributed by atoms with Crippen LogP contribution < -0.4 is 0 Å². The first-order valence-electron chi connectivity index (χ1n) is 15.8. The molecule has 11 aromatic rings. The van der Waals surface area contributed by atoms with Gasteiger partial charge >= 0.3 is 0 Å². The number of thiophene rings is 1. The summed E-state index contributed by atoms with van der Waals surface area (Å²) in [7, 11) is 0. The summed E-state index contributed by atoms with van der Waals surface area (Å²) in [4.78, 5) is 10.7. The number of hydrogen-bond donors (Lipinski definition) is 0. The SMILES string of the molecule is c1ccc2cc3c(cc2c1)c1c2ccccc2ccc1n3-c1cnc2c(n1)c1ccccc1n2-c1cccc2sc3ccccc3c12. The molecule has 0 fully saturated rings. The molecule has 4 aromatic heterocycles. The monoisotopic (exact) mass is 616 g/mol. The van der Waals surface area contributed by atoms with E-state index in [2.05, 4.69) is 149 Å². The lowest BCUT2D eigenvalue weighted by Gasteiger charge is -2.10. The number of aromatic nitrogens is 4. The Hall–Kier alpha value is -6.04. The van der Waals surface area contributed by atoms with Gasteiger partial charge in [-0.2, -0.15) is 0 Å². The number of para-hydroxylation sites is 1. The third-order valence-corrected chi connectivity index (χ3v) is 10.9. The van der Waals surface area contributed by atoms with Gasteiger partial charge in [0.1, 0.15) is 5.52 Å². The van der Waals surface area contributed by atoms with Crippen molar-refractivity contribution < 1.29 is 0 Å². The maximum absolute atomic E-state index is 5.46. The van der Waals surface area contributed by atoms with Gasteiger partial charge in [0.05, 0.1) is 28.4 Å². The van der Waals surface area contributed by atoms with Crippen LogP contribution in [0.1, 0.15) is 0 Å². The molecule has 5 heteroatoms. The molecular weight excluding hydrogens is 593 g/mol. The minimum Gasteiger partial charge on any atom is -0.292 e. The summed E-state index contributed by atoms with van der Waals surface area (Å²) < 4.78 is 7.16. The van der Waals surface area contributed by atoms with Crippen LogP contribution in [0.4, 0.5) is 0 Å². The molecule has 7 aromatic carbocycles. The van der Waals surface area contributed by atoms with Crippen molar-refractivity contribution in [3.63, 3.8) is 0 Å². The second kappa shape index (κ2) is 9.25. The normalized spacial score (nSPS) is 12.3. The largest absolute Gasteiger partial charge is 0.292 e. The molecule has 11 rings (SSSR count). The van der Waals surface area contributed by atoms with Crippen molar-refractivity contribution in [3.05, 3.63) is 146 Å². The molecule has 0 N–H and O–H groups in total. The zero-order chi connectivity index (χ0) is 30.6. The van der Waals surface area contributed by atoms with E-state index in [0.29, 0.717) is 0 Å². The lowest BCUT2D eigenvalue weighted by molar-refractivity contribution is 1.06. The molecule has 0 aliphatic rings. The van der Waals surface area contributed by atoms with E-state index < -0.39 is 0 Å². The van der Waals surface area contributed by atoms with Gasteiger partial charge in [0, 0.05) is 36.3 Å². The molecule has 0 spiro atoms. The topological polar surface area (TPSA) is 35.6 Å². The Morgan fingerprint density at radius 3 is 2.09 bits per heavy atom. The number of rotatable bonds is 2. The van der Waals surface area contributed by atoms with Crippen LogP contribution in [0.25, 0.3) is 97.1 Å². The Labute approximate surface area is 272 Å². The van der Waals surface area contributed by atoms with Crippen molar-refractivity contribution in [1.82, 2.24) is 19.1 Å². The second-order valence-electron chi connectivity index (χ2n) is 12.2. The second-order valence-corrected chi connectivity index (χ2v) is 13.3. The molecule has 4 heterocycles. The highest BCUT2D eigenvalue weighted by Crippen LogP contribution is 2.42. The highest BCUT2D eigenvalue weighted by atomic mass is 32.1. The summed E-state index contributed by atoms with van der Waals surface area (Å²) in [5, 5.41) is 11.0. The van der Waals surface area contributed by atoms with Crippen LogP contribution in [0.15, 0.2) is 146 Å². The maximum Gasteiger partial charge on any atom is 0.164 e. The van der Waals surface area contributed by atoms with Crippen LogP contribution >= 0.6 is 11.3 Å². The number of fused-ring (bicyclic) bond motifs is 12. The Kier molecular flexibility index (Phi) is 4.96. The average molecular weight is 617 g/mol. The van der Waals surface area contributed by atoms with Crippen molar-refractivity contribution in [2.75, 3.05) is 0 Å². The Morgan fingerprint density at radius 2 is 1.19 bits per heavy atom. The lowest BCUT2D eigenvalue weighted by Crippen LogP contribution is -2.01. The van der Waals surface area contributed by atoms with Crippen molar-refractivity contribution >= 4 is 96.9 Å². The summed E-state index contributed by atoms with van der Waals surface area (Å²) in [5.74, 6) is 0.810. The van der Waals surface area contributed by atoms with E-state index in [4.69, 9.17) is 9.97 Å². The summed E-state index contributed by atoms with van der Waals surface area (Å²) in [6.45, 7) is 0. The Balaban J connectivity index is 1.25. The average Bonchev–Trinajstić information content (AvgIpc) is 3.78. The predicted molar refractivity (Wildman–Crippen MR) is 199 cm³/mol. The highest BCUT2D eigenvalue weighted by molar-refractivity contribution is 7.25. The van der Waals surface area contributed by atoms with E-state index in [1.807, 2.05) is 17.5 Å². The van der Waals surface area contributed by atoms with Crippen LogP contribution in [0, 0.1) is 0 Å². The predicted octanol–water partition coefficient (Wildman–Crippen LogP) is 11.3. The molecule has 0 saturated carbocycles. The summed E-state index contributed by atoms with van der Waals surface area (Å²) >= 11 is 1.84. The van der Waals surface area contributed by atoms with Gasteiger partial charge in [-0.05, 0) is 64.0 Å². The third-order valence-electron chi connectivity index (χ3n) is 9.73. The molecule has 0 aliphatic carbocycles. The first kappa shape index (κ1) is 25.2. The molecule has 4 nitrogen and oxygen atoms in total. The van der Waals surface area contributed by atoms with E-state index in [0.717, 1.165) is 44.6 Å². The van der Waals surface area contributed by atoms with Gasteiger partial charge in [0.15, 0.2) is 11.5 Å². The standard InChI is InChI=1S/C42H24N4S/c1-2-12-27-23-35-31(22-26(27)11-1)39-28-13-4-3-10-25(28)20-21-34(39)45(35)38-24-43-42-41(44-38)29-14-5-7-16-32(29)46(42)33-17-9-19-37-40(33)30-15-6-8-18-36(30)47-37/h1-24H. The number of hydrogen-bond acceptors (Lipinski definition) is 3. The highest BCUT2D eigenvalue weighted by Gasteiger charge is 2.21. The molecule has 0 saturated heterocycles. The molecule has 0 atom stereocenters. The van der Waals surface area contributed by atoms with E-state index in [1.54, 1.807) is 0 Å². The zero-order valence-corrected chi connectivity index (χ0v) is 25.9. The molecule has 0 bridgehead atoms. The van der Waals surface area contributed by atoms with Gasteiger partial charge < -0.3 is 0 Å². The Morgan fingerprint density at radius 1 is 0.468 bits per heavy atom. The fraction of sp³-hybridized carbons (Fsp3) is 0. The molecule has 47 heavy (non-hydrogen) atoms. The van der Waals surface area contributed by atoms with E-state index >= 15 is 0 Å². The van der Waals surface area contributed by atoms with Crippen molar-refractivity contribution in [1.29, 1.82) is 0 Å². The third kappa shape index (κ3) is 3.41. The van der Waals surface area contributed by atoms with Crippen molar-refractivity contribution in [3.8, 4) is 11.5 Å². The zero-order valence-electron chi connectivity index (χ0n) is 25.1. The maximum atomic E-state index is 5.46. The lowest BCUT2D eigenvalue weighted by atomic mass is 10.0.